The van der Waals surface area contributed by atoms with Crippen LogP contribution in [0, 0.1) is 0 Å². The third-order valence-corrected chi connectivity index (χ3v) is 5.12. The molecule has 2 aliphatic rings. The third-order valence-electron chi connectivity index (χ3n) is 5.12. The number of carbonyl (C=O) groups excluding carboxylic acids is 1. The van der Waals surface area contributed by atoms with Gasteiger partial charge >= 0.3 is 0 Å². The van der Waals surface area contributed by atoms with Gasteiger partial charge in [0, 0.05) is 76.1 Å². The summed E-state index contributed by atoms with van der Waals surface area (Å²) in [5.41, 5.74) is 3.22. The molecule has 7 heteroatoms. The Labute approximate surface area is 153 Å². The molecular weight excluding hydrogens is 330 g/mol. The summed E-state index contributed by atoms with van der Waals surface area (Å²) in [5, 5.41) is 4.61. The monoisotopic (exact) mass is 355 g/mol. The van der Waals surface area contributed by atoms with Crippen molar-refractivity contribution >= 4 is 5.91 Å². The zero-order valence-electron chi connectivity index (χ0n) is 15.2. The standard InChI is InChI=1S/C19H25N5O2/c1-22-13-16(18(21-22)15-4-2-6-20-12-15)14-23-7-9-24(10-8-23)19(25)17-5-3-11-26-17/h2,4,6,12-13,17H,3,5,7-11,14H2,1H3. The van der Waals surface area contributed by atoms with Gasteiger partial charge in [-0.2, -0.15) is 5.10 Å². The number of aryl methyl sites for hydroxylation is 1. The lowest BCUT2D eigenvalue weighted by atomic mass is 10.1. The highest BCUT2D eigenvalue weighted by atomic mass is 16.5. The Hall–Kier alpha value is -2.25. The number of pyridine rings is 1. The Morgan fingerprint density at radius 2 is 2.15 bits per heavy atom. The van der Waals surface area contributed by atoms with Crippen molar-refractivity contribution in [3.05, 3.63) is 36.3 Å². The SMILES string of the molecule is Cn1cc(CN2CCN(C(=O)C3CCCO3)CC2)c(-c2cccnc2)n1. The fourth-order valence-electron chi connectivity index (χ4n) is 3.74. The molecule has 4 rings (SSSR count). The summed E-state index contributed by atoms with van der Waals surface area (Å²) in [7, 11) is 1.95. The number of ether oxygens (including phenoxy) is 1. The van der Waals surface area contributed by atoms with Gasteiger partial charge in [0.2, 0.25) is 0 Å². The summed E-state index contributed by atoms with van der Waals surface area (Å²) < 4.78 is 7.39. The molecule has 1 amide bonds. The second kappa shape index (κ2) is 7.55. The summed E-state index contributed by atoms with van der Waals surface area (Å²) in [6.45, 7) is 4.83. The molecule has 0 aliphatic carbocycles. The molecule has 2 aliphatic heterocycles. The Kier molecular flexibility index (Phi) is 4.99. The van der Waals surface area contributed by atoms with Crippen LogP contribution in [0.3, 0.4) is 0 Å². The maximum absolute atomic E-state index is 12.5. The minimum Gasteiger partial charge on any atom is -0.368 e. The van der Waals surface area contributed by atoms with Gasteiger partial charge in [0.1, 0.15) is 6.10 Å². The van der Waals surface area contributed by atoms with Crippen molar-refractivity contribution in [3.8, 4) is 11.3 Å². The maximum Gasteiger partial charge on any atom is 0.251 e. The molecule has 4 heterocycles. The minimum atomic E-state index is -0.211. The van der Waals surface area contributed by atoms with Crippen molar-refractivity contribution in [2.45, 2.75) is 25.5 Å². The molecule has 0 spiro atoms. The second-order valence-corrected chi connectivity index (χ2v) is 7.02. The zero-order chi connectivity index (χ0) is 17.9. The highest BCUT2D eigenvalue weighted by Crippen LogP contribution is 2.23. The number of hydrogen-bond donors (Lipinski definition) is 0. The fourth-order valence-corrected chi connectivity index (χ4v) is 3.74. The highest BCUT2D eigenvalue weighted by molar-refractivity contribution is 5.81. The van der Waals surface area contributed by atoms with Crippen molar-refractivity contribution in [2.24, 2.45) is 7.05 Å². The van der Waals surface area contributed by atoms with Gasteiger partial charge in [-0.1, -0.05) is 0 Å². The van der Waals surface area contributed by atoms with Crippen LogP contribution < -0.4 is 0 Å². The fraction of sp³-hybridized carbons (Fsp3) is 0.526. The summed E-state index contributed by atoms with van der Waals surface area (Å²) in [6, 6.07) is 3.97. The Balaban J connectivity index is 1.38. The molecule has 2 fully saturated rings. The van der Waals surface area contributed by atoms with E-state index in [1.807, 2.05) is 35.0 Å². The molecule has 0 saturated carbocycles. The quantitative estimate of drug-likeness (QED) is 0.827. The summed E-state index contributed by atoms with van der Waals surface area (Å²) in [5.74, 6) is 0.166. The van der Waals surface area contributed by atoms with Crippen LogP contribution in [0.4, 0.5) is 0 Å². The van der Waals surface area contributed by atoms with Crippen LogP contribution in [0.2, 0.25) is 0 Å². The van der Waals surface area contributed by atoms with Crippen molar-refractivity contribution in [3.63, 3.8) is 0 Å². The van der Waals surface area contributed by atoms with E-state index in [1.54, 1.807) is 6.20 Å². The van der Waals surface area contributed by atoms with Crippen LogP contribution in [0.15, 0.2) is 30.7 Å². The number of amides is 1. The van der Waals surface area contributed by atoms with Gasteiger partial charge in [-0.15, -0.1) is 0 Å². The number of piperazine rings is 1. The zero-order valence-corrected chi connectivity index (χ0v) is 15.2. The van der Waals surface area contributed by atoms with Crippen LogP contribution in [-0.4, -0.2) is 69.4 Å². The average Bonchev–Trinajstić information content (AvgIpc) is 3.32. The first-order chi connectivity index (χ1) is 12.7. The highest BCUT2D eigenvalue weighted by Gasteiger charge is 2.30. The van der Waals surface area contributed by atoms with Gasteiger partial charge in [0.05, 0.1) is 5.69 Å². The van der Waals surface area contributed by atoms with E-state index < -0.39 is 0 Å². The number of hydrogen-bond acceptors (Lipinski definition) is 5. The lowest BCUT2D eigenvalue weighted by molar-refractivity contribution is -0.142. The van der Waals surface area contributed by atoms with Gasteiger partial charge in [-0.25, -0.2) is 0 Å². The molecule has 0 aromatic carbocycles. The molecule has 0 radical (unpaired) electrons. The molecule has 1 unspecified atom stereocenters. The Morgan fingerprint density at radius 3 is 2.85 bits per heavy atom. The first-order valence-corrected chi connectivity index (χ1v) is 9.26. The predicted molar refractivity (Wildman–Crippen MR) is 97.3 cm³/mol. The van der Waals surface area contributed by atoms with Gasteiger partial charge in [-0.3, -0.25) is 19.4 Å². The molecule has 26 heavy (non-hydrogen) atoms. The van der Waals surface area contributed by atoms with E-state index in [-0.39, 0.29) is 12.0 Å². The van der Waals surface area contributed by atoms with Crippen LogP contribution in [0.1, 0.15) is 18.4 Å². The smallest absolute Gasteiger partial charge is 0.251 e. The molecule has 0 N–H and O–H groups in total. The number of nitrogens with zero attached hydrogens (tertiary/aromatic N) is 5. The largest absolute Gasteiger partial charge is 0.368 e. The van der Waals surface area contributed by atoms with Crippen molar-refractivity contribution in [2.75, 3.05) is 32.8 Å². The molecular formula is C19H25N5O2. The minimum absolute atomic E-state index is 0.166. The summed E-state index contributed by atoms with van der Waals surface area (Å²) in [6.07, 6.45) is 7.35. The van der Waals surface area contributed by atoms with Crippen LogP contribution in [0.25, 0.3) is 11.3 Å². The van der Waals surface area contributed by atoms with Crippen molar-refractivity contribution < 1.29 is 9.53 Å². The van der Waals surface area contributed by atoms with Gasteiger partial charge < -0.3 is 9.64 Å². The van der Waals surface area contributed by atoms with Crippen molar-refractivity contribution in [1.82, 2.24) is 24.6 Å². The summed E-state index contributed by atoms with van der Waals surface area (Å²) in [4.78, 5) is 21.0. The molecule has 1 atom stereocenters. The molecule has 7 nitrogen and oxygen atoms in total. The first-order valence-electron chi connectivity index (χ1n) is 9.26. The predicted octanol–water partition coefficient (Wildman–Crippen LogP) is 1.31. The van der Waals surface area contributed by atoms with Gasteiger partial charge in [-0.05, 0) is 25.0 Å². The maximum atomic E-state index is 12.5. The van der Waals surface area contributed by atoms with Crippen molar-refractivity contribution in [1.29, 1.82) is 0 Å². The molecule has 0 bridgehead atoms. The number of carbonyl (C=O) groups is 1. The molecule has 138 valence electrons. The van der Waals surface area contributed by atoms with E-state index in [0.29, 0.717) is 6.61 Å². The van der Waals surface area contributed by atoms with E-state index in [4.69, 9.17) is 4.74 Å². The Bertz CT molecular complexity index is 747. The molecule has 2 aromatic heterocycles. The summed E-state index contributed by atoms with van der Waals surface area (Å²) >= 11 is 0. The van der Waals surface area contributed by atoms with Gasteiger partial charge in [0.25, 0.3) is 5.91 Å². The van der Waals surface area contributed by atoms with E-state index in [2.05, 4.69) is 21.2 Å². The first kappa shape index (κ1) is 17.2. The van der Waals surface area contributed by atoms with E-state index >= 15 is 0 Å². The third kappa shape index (κ3) is 3.64. The topological polar surface area (TPSA) is 63.5 Å². The number of aromatic nitrogens is 3. The van der Waals surface area contributed by atoms with E-state index in [9.17, 15) is 4.79 Å². The molecule has 2 saturated heterocycles. The van der Waals surface area contributed by atoms with Crippen LogP contribution in [0.5, 0.6) is 0 Å². The second-order valence-electron chi connectivity index (χ2n) is 7.02. The van der Waals surface area contributed by atoms with Crippen LogP contribution in [-0.2, 0) is 23.1 Å². The van der Waals surface area contributed by atoms with Gasteiger partial charge in [0.15, 0.2) is 0 Å². The number of rotatable bonds is 4. The van der Waals surface area contributed by atoms with Crippen LogP contribution >= 0.6 is 0 Å². The van der Waals surface area contributed by atoms with E-state index in [1.165, 1.54) is 5.56 Å². The Morgan fingerprint density at radius 1 is 1.31 bits per heavy atom. The lowest BCUT2D eigenvalue weighted by Crippen LogP contribution is -2.51. The van der Waals surface area contributed by atoms with E-state index in [0.717, 1.165) is 56.8 Å². The average molecular weight is 355 g/mol. The normalized spacial score (nSPS) is 21.3. The lowest BCUT2D eigenvalue weighted by Gasteiger charge is -2.35. The molecule has 2 aromatic rings.